The molecule has 1 heterocycles. The highest BCUT2D eigenvalue weighted by Gasteiger charge is 2.35. The summed E-state index contributed by atoms with van der Waals surface area (Å²) in [6.45, 7) is 2.96. The molecule has 1 aliphatic carbocycles. The number of methoxy groups -OCH3 is 1. The van der Waals surface area contributed by atoms with E-state index in [0.717, 1.165) is 50.3 Å². The van der Waals surface area contributed by atoms with Gasteiger partial charge in [0.2, 0.25) is 5.91 Å². The van der Waals surface area contributed by atoms with Gasteiger partial charge in [0, 0.05) is 32.1 Å². The summed E-state index contributed by atoms with van der Waals surface area (Å²) in [5, 5.41) is 9.53. The second-order valence-corrected chi connectivity index (χ2v) is 5.94. The number of carbonyl (C=O) groups excluding carboxylic acids is 1. The minimum atomic E-state index is -0.260. The van der Waals surface area contributed by atoms with Crippen LogP contribution < -0.4 is 4.74 Å². The molecule has 0 aromatic heterocycles. The average Bonchev–Trinajstić information content (AvgIpc) is 3.41. The van der Waals surface area contributed by atoms with Crippen LogP contribution in [0.1, 0.15) is 24.4 Å². The number of hydrogen-bond donors (Lipinski definition) is 0. The van der Waals surface area contributed by atoms with Crippen LogP contribution in [0, 0.1) is 17.2 Å². The van der Waals surface area contributed by atoms with Crippen LogP contribution in [0.2, 0.25) is 0 Å². The Morgan fingerprint density at radius 3 is 2.36 bits per heavy atom. The molecule has 0 spiro atoms. The average molecular weight is 299 g/mol. The van der Waals surface area contributed by atoms with Crippen molar-refractivity contribution in [3.63, 3.8) is 0 Å². The first-order valence-electron chi connectivity index (χ1n) is 7.79. The third-order valence-electron chi connectivity index (χ3n) is 4.47. The van der Waals surface area contributed by atoms with Gasteiger partial charge in [-0.15, -0.1) is 0 Å². The van der Waals surface area contributed by atoms with E-state index in [0.29, 0.717) is 5.91 Å². The van der Waals surface area contributed by atoms with Gasteiger partial charge in [0.05, 0.1) is 13.2 Å². The molecule has 1 aromatic carbocycles. The van der Waals surface area contributed by atoms with E-state index in [9.17, 15) is 10.1 Å². The molecule has 2 fully saturated rings. The molecule has 1 saturated carbocycles. The Balaban J connectivity index is 1.62. The van der Waals surface area contributed by atoms with E-state index in [1.54, 1.807) is 7.11 Å². The molecule has 1 amide bonds. The van der Waals surface area contributed by atoms with Crippen LogP contribution in [-0.4, -0.2) is 49.0 Å². The molecule has 1 saturated heterocycles. The number of rotatable bonds is 4. The van der Waals surface area contributed by atoms with Crippen molar-refractivity contribution in [3.05, 3.63) is 29.8 Å². The quantitative estimate of drug-likeness (QED) is 0.851. The molecule has 1 aromatic rings. The van der Waals surface area contributed by atoms with Gasteiger partial charge in [-0.1, -0.05) is 12.1 Å². The predicted octanol–water partition coefficient (Wildman–Crippen LogP) is 1.81. The van der Waals surface area contributed by atoms with E-state index in [2.05, 4.69) is 11.0 Å². The fourth-order valence-electron chi connectivity index (χ4n) is 2.94. The molecule has 116 valence electrons. The highest BCUT2D eigenvalue weighted by atomic mass is 16.5. The van der Waals surface area contributed by atoms with Crippen molar-refractivity contribution in [1.82, 2.24) is 9.80 Å². The zero-order valence-corrected chi connectivity index (χ0v) is 12.9. The molecule has 1 aliphatic heterocycles. The monoisotopic (exact) mass is 299 g/mol. The van der Waals surface area contributed by atoms with Crippen LogP contribution in [0.4, 0.5) is 0 Å². The van der Waals surface area contributed by atoms with Crippen LogP contribution >= 0.6 is 0 Å². The van der Waals surface area contributed by atoms with Gasteiger partial charge < -0.3 is 9.64 Å². The van der Waals surface area contributed by atoms with E-state index in [4.69, 9.17) is 4.74 Å². The van der Waals surface area contributed by atoms with Crippen molar-refractivity contribution in [2.45, 2.75) is 18.9 Å². The first-order valence-corrected chi connectivity index (χ1v) is 7.79. The lowest BCUT2D eigenvalue weighted by molar-refractivity contribution is -0.134. The highest BCUT2D eigenvalue weighted by molar-refractivity contribution is 5.81. The molecule has 1 unspecified atom stereocenters. The number of hydrogen-bond acceptors (Lipinski definition) is 4. The van der Waals surface area contributed by atoms with Gasteiger partial charge in [-0.05, 0) is 30.5 Å². The maximum absolute atomic E-state index is 12.1. The van der Waals surface area contributed by atoms with Crippen LogP contribution in [0.3, 0.4) is 0 Å². The first-order chi connectivity index (χ1) is 10.7. The van der Waals surface area contributed by atoms with Crippen molar-refractivity contribution in [2.24, 2.45) is 5.92 Å². The highest BCUT2D eigenvalue weighted by Crippen LogP contribution is 2.32. The standard InChI is InChI=1S/C17H21N3O2/c1-22-15-6-4-13(5-7-15)16(12-18)19-8-10-20(11-9-19)17(21)14-2-3-14/h4-7,14,16H,2-3,8-11H2,1H3. The Morgan fingerprint density at radius 1 is 1.23 bits per heavy atom. The van der Waals surface area contributed by atoms with Crippen molar-refractivity contribution in [3.8, 4) is 11.8 Å². The van der Waals surface area contributed by atoms with Crippen LogP contribution in [-0.2, 0) is 4.79 Å². The zero-order valence-electron chi connectivity index (χ0n) is 12.9. The number of amides is 1. The fraction of sp³-hybridized carbons (Fsp3) is 0.529. The molecular formula is C17H21N3O2. The molecule has 22 heavy (non-hydrogen) atoms. The number of piperazine rings is 1. The third kappa shape index (κ3) is 3.07. The van der Waals surface area contributed by atoms with Gasteiger partial charge in [-0.2, -0.15) is 5.26 Å². The Hall–Kier alpha value is -2.06. The number of nitriles is 1. The lowest BCUT2D eigenvalue weighted by Gasteiger charge is -2.37. The predicted molar refractivity (Wildman–Crippen MR) is 82.2 cm³/mol. The van der Waals surface area contributed by atoms with Crippen LogP contribution in [0.25, 0.3) is 0 Å². The van der Waals surface area contributed by atoms with Crippen molar-refractivity contribution in [2.75, 3.05) is 33.3 Å². The maximum atomic E-state index is 12.1. The molecule has 1 atom stereocenters. The Labute approximate surface area is 131 Å². The molecule has 0 N–H and O–H groups in total. The molecule has 3 rings (SSSR count). The van der Waals surface area contributed by atoms with Gasteiger partial charge >= 0.3 is 0 Å². The maximum Gasteiger partial charge on any atom is 0.225 e. The molecule has 0 bridgehead atoms. The number of benzene rings is 1. The summed E-state index contributed by atoms with van der Waals surface area (Å²) in [5.41, 5.74) is 0.977. The van der Waals surface area contributed by atoms with Gasteiger partial charge in [0.1, 0.15) is 11.8 Å². The summed E-state index contributed by atoms with van der Waals surface area (Å²) in [4.78, 5) is 16.2. The summed E-state index contributed by atoms with van der Waals surface area (Å²) in [6, 6.07) is 9.77. The number of ether oxygens (including phenoxy) is 1. The number of nitrogens with zero attached hydrogens (tertiary/aromatic N) is 3. The topological polar surface area (TPSA) is 56.6 Å². The van der Waals surface area contributed by atoms with Crippen molar-refractivity contribution < 1.29 is 9.53 Å². The van der Waals surface area contributed by atoms with E-state index in [1.807, 2.05) is 29.2 Å². The fourth-order valence-corrected chi connectivity index (χ4v) is 2.94. The van der Waals surface area contributed by atoms with Gasteiger partial charge in [0.15, 0.2) is 0 Å². The van der Waals surface area contributed by atoms with Gasteiger partial charge in [-0.25, -0.2) is 0 Å². The van der Waals surface area contributed by atoms with Gasteiger partial charge in [0.25, 0.3) is 0 Å². The summed E-state index contributed by atoms with van der Waals surface area (Å²) in [7, 11) is 1.63. The Morgan fingerprint density at radius 2 is 1.86 bits per heavy atom. The summed E-state index contributed by atoms with van der Waals surface area (Å²) in [5.74, 6) is 1.37. The van der Waals surface area contributed by atoms with E-state index in [-0.39, 0.29) is 12.0 Å². The third-order valence-corrected chi connectivity index (χ3v) is 4.47. The van der Waals surface area contributed by atoms with Crippen molar-refractivity contribution in [1.29, 1.82) is 5.26 Å². The zero-order chi connectivity index (χ0) is 15.5. The molecule has 0 radical (unpaired) electrons. The molecular weight excluding hydrogens is 278 g/mol. The van der Waals surface area contributed by atoms with E-state index < -0.39 is 0 Å². The molecule has 2 aliphatic rings. The summed E-state index contributed by atoms with van der Waals surface area (Å²) in [6.07, 6.45) is 2.09. The second kappa shape index (κ2) is 6.37. The van der Waals surface area contributed by atoms with Crippen LogP contribution in [0.5, 0.6) is 5.75 Å². The van der Waals surface area contributed by atoms with Crippen LogP contribution in [0.15, 0.2) is 24.3 Å². The summed E-state index contributed by atoms with van der Waals surface area (Å²) < 4.78 is 5.16. The SMILES string of the molecule is COc1ccc(C(C#N)N2CCN(C(=O)C3CC3)CC2)cc1. The second-order valence-electron chi connectivity index (χ2n) is 5.94. The first kappa shape index (κ1) is 14.9. The Kier molecular flexibility index (Phi) is 4.30. The number of carbonyl (C=O) groups is 1. The van der Waals surface area contributed by atoms with Gasteiger partial charge in [-0.3, -0.25) is 9.69 Å². The van der Waals surface area contributed by atoms with E-state index in [1.165, 1.54) is 0 Å². The molecule has 5 nitrogen and oxygen atoms in total. The van der Waals surface area contributed by atoms with E-state index >= 15 is 0 Å². The minimum absolute atomic E-state index is 0.260. The lowest BCUT2D eigenvalue weighted by Crippen LogP contribution is -2.49. The largest absolute Gasteiger partial charge is 0.497 e. The molecule has 5 heteroatoms. The van der Waals surface area contributed by atoms with Crippen molar-refractivity contribution >= 4 is 5.91 Å². The minimum Gasteiger partial charge on any atom is -0.497 e. The smallest absolute Gasteiger partial charge is 0.225 e. The normalized spacial score (nSPS) is 20.3. The Bertz CT molecular complexity index is 567. The summed E-state index contributed by atoms with van der Waals surface area (Å²) >= 11 is 0. The lowest BCUT2D eigenvalue weighted by atomic mass is 10.1.